The summed E-state index contributed by atoms with van der Waals surface area (Å²) in [6.07, 6.45) is 6.02. The van der Waals surface area contributed by atoms with Gasteiger partial charge in [0, 0.05) is 26.2 Å². The second-order valence-corrected chi connectivity index (χ2v) is 8.03. The van der Waals surface area contributed by atoms with Crippen LogP contribution in [0.2, 0.25) is 0 Å². The average Bonchev–Trinajstić information content (AvgIpc) is 3.15. The predicted molar refractivity (Wildman–Crippen MR) is 89.7 cm³/mol. The molecule has 0 radical (unpaired) electrons. The van der Waals surface area contributed by atoms with Crippen molar-refractivity contribution >= 4 is 17.9 Å². The van der Waals surface area contributed by atoms with Gasteiger partial charge in [0.2, 0.25) is 11.8 Å². The number of nitrogens with zero attached hydrogens (tertiary/aromatic N) is 3. The third-order valence-corrected chi connectivity index (χ3v) is 6.41. The fourth-order valence-electron chi connectivity index (χ4n) is 4.61. The van der Waals surface area contributed by atoms with Crippen LogP contribution in [0.15, 0.2) is 0 Å². The van der Waals surface area contributed by atoms with Gasteiger partial charge in [-0.05, 0) is 38.0 Å². The molecule has 1 saturated carbocycles. The molecule has 7 nitrogen and oxygen atoms in total. The molecule has 3 aliphatic heterocycles. The monoisotopic (exact) mass is 349 g/mol. The lowest BCUT2D eigenvalue weighted by atomic mass is 9.77. The molecule has 1 unspecified atom stereocenters. The van der Waals surface area contributed by atoms with Crippen LogP contribution >= 0.6 is 0 Å². The molecule has 25 heavy (non-hydrogen) atoms. The molecule has 1 aliphatic carbocycles. The van der Waals surface area contributed by atoms with Crippen molar-refractivity contribution in [3.63, 3.8) is 0 Å². The maximum Gasteiger partial charge on any atom is 0.410 e. The van der Waals surface area contributed by atoms with Gasteiger partial charge in [-0.25, -0.2) is 4.79 Å². The van der Waals surface area contributed by atoms with E-state index in [0.717, 1.165) is 32.4 Å². The molecule has 0 aromatic heterocycles. The molecule has 3 saturated heterocycles. The Morgan fingerprint density at radius 2 is 1.92 bits per heavy atom. The van der Waals surface area contributed by atoms with E-state index >= 15 is 0 Å². The van der Waals surface area contributed by atoms with Gasteiger partial charge in [0.05, 0.1) is 12.0 Å². The lowest BCUT2D eigenvalue weighted by Crippen LogP contribution is -2.52. The number of hydrogen-bond acceptors (Lipinski definition) is 4. The Balaban J connectivity index is 1.37. The molecule has 3 heterocycles. The Morgan fingerprint density at radius 3 is 2.60 bits per heavy atom. The second-order valence-electron chi connectivity index (χ2n) is 8.03. The van der Waals surface area contributed by atoms with E-state index in [1.807, 2.05) is 0 Å². The molecule has 4 aliphatic rings. The number of hydrogen-bond donors (Lipinski definition) is 0. The highest BCUT2D eigenvalue weighted by molar-refractivity contribution is 5.87. The normalized spacial score (nSPS) is 30.2. The van der Waals surface area contributed by atoms with Crippen molar-refractivity contribution < 1.29 is 19.1 Å². The van der Waals surface area contributed by atoms with Crippen molar-refractivity contribution in [2.45, 2.75) is 38.5 Å². The summed E-state index contributed by atoms with van der Waals surface area (Å²) in [6.45, 7) is 3.77. The fraction of sp³-hybridized carbons (Fsp3) is 0.833. The third kappa shape index (κ3) is 3.09. The van der Waals surface area contributed by atoms with Crippen LogP contribution in [0.5, 0.6) is 0 Å². The Hall–Kier alpha value is -1.79. The number of piperidine rings is 1. The van der Waals surface area contributed by atoms with Gasteiger partial charge in [-0.15, -0.1) is 0 Å². The summed E-state index contributed by atoms with van der Waals surface area (Å²) in [5.74, 6) is 0.862. The van der Waals surface area contributed by atoms with E-state index < -0.39 is 6.09 Å². The predicted octanol–water partition coefficient (Wildman–Crippen LogP) is 1.08. The van der Waals surface area contributed by atoms with Crippen molar-refractivity contribution in [3.05, 3.63) is 0 Å². The van der Waals surface area contributed by atoms with Crippen molar-refractivity contribution in [2.24, 2.45) is 11.3 Å². The number of carbonyl (C=O) groups is 3. The first-order valence-electron chi connectivity index (χ1n) is 9.56. The maximum absolute atomic E-state index is 13.1. The molecular weight excluding hydrogens is 322 g/mol. The number of rotatable bonds is 4. The van der Waals surface area contributed by atoms with Crippen LogP contribution in [0.25, 0.3) is 0 Å². The zero-order chi connectivity index (χ0) is 17.4. The number of cyclic esters (lactones) is 1. The molecule has 0 bridgehead atoms. The van der Waals surface area contributed by atoms with E-state index in [-0.39, 0.29) is 23.8 Å². The van der Waals surface area contributed by atoms with Gasteiger partial charge < -0.3 is 14.5 Å². The second kappa shape index (κ2) is 6.50. The van der Waals surface area contributed by atoms with Crippen molar-refractivity contribution in [1.29, 1.82) is 0 Å². The van der Waals surface area contributed by atoms with E-state index in [2.05, 4.69) is 4.90 Å². The van der Waals surface area contributed by atoms with E-state index in [0.29, 0.717) is 32.2 Å². The Labute approximate surface area is 148 Å². The van der Waals surface area contributed by atoms with E-state index in [4.69, 9.17) is 4.74 Å². The van der Waals surface area contributed by atoms with Crippen molar-refractivity contribution in [3.8, 4) is 0 Å². The highest BCUT2D eigenvalue weighted by Crippen LogP contribution is 2.41. The smallest absolute Gasteiger partial charge is 0.410 e. The van der Waals surface area contributed by atoms with Gasteiger partial charge in [-0.3, -0.25) is 14.5 Å². The topological polar surface area (TPSA) is 70.2 Å². The molecule has 0 aromatic rings. The maximum atomic E-state index is 13.1. The Bertz CT molecular complexity index is 577. The van der Waals surface area contributed by atoms with E-state index in [9.17, 15) is 14.4 Å². The first-order valence-corrected chi connectivity index (χ1v) is 9.56. The van der Waals surface area contributed by atoms with Crippen molar-refractivity contribution in [1.82, 2.24) is 14.7 Å². The number of amides is 3. The van der Waals surface area contributed by atoms with Gasteiger partial charge in [-0.1, -0.05) is 6.42 Å². The summed E-state index contributed by atoms with van der Waals surface area (Å²) in [6, 6.07) is 0. The molecule has 4 fully saturated rings. The summed E-state index contributed by atoms with van der Waals surface area (Å²) >= 11 is 0. The molecule has 3 amide bonds. The average molecular weight is 349 g/mol. The minimum Gasteiger partial charge on any atom is -0.448 e. The van der Waals surface area contributed by atoms with Crippen LogP contribution < -0.4 is 0 Å². The lowest BCUT2D eigenvalue weighted by Gasteiger charge is -2.42. The SMILES string of the molecule is O=C(CN1CCOC1=O)N1CCC2(CCCN(CC3CCC3)C2=O)C1. The van der Waals surface area contributed by atoms with E-state index in [1.54, 1.807) is 4.90 Å². The van der Waals surface area contributed by atoms with Crippen LogP contribution in [0, 0.1) is 11.3 Å². The Kier molecular flexibility index (Phi) is 4.33. The summed E-state index contributed by atoms with van der Waals surface area (Å²) in [7, 11) is 0. The van der Waals surface area contributed by atoms with Crippen LogP contribution in [0.1, 0.15) is 38.5 Å². The number of carbonyl (C=O) groups excluding carboxylic acids is 3. The molecule has 4 rings (SSSR count). The molecule has 138 valence electrons. The minimum absolute atomic E-state index is 0.0644. The van der Waals surface area contributed by atoms with Crippen LogP contribution in [-0.2, 0) is 14.3 Å². The van der Waals surface area contributed by atoms with Gasteiger partial charge in [0.25, 0.3) is 0 Å². The summed E-state index contributed by atoms with van der Waals surface area (Å²) in [5.41, 5.74) is -0.386. The van der Waals surface area contributed by atoms with Gasteiger partial charge in [-0.2, -0.15) is 0 Å². The minimum atomic E-state index is -0.414. The van der Waals surface area contributed by atoms with Crippen LogP contribution in [-0.4, -0.2) is 78.5 Å². The lowest BCUT2D eigenvalue weighted by molar-refractivity contribution is -0.147. The highest BCUT2D eigenvalue weighted by Gasteiger charge is 2.49. The summed E-state index contributed by atoms with van der Waals surface area (Å²) in [5, 5.41) is 0. The molecule has 0 N–H and O–H groups in total. The first-order chi connectivity index (χ1) is 12.1. The van der Waals surface area contributed by atoms with Gasteiger partial charge >= 0.3 is 6.09 Å². The fourth-order valence-corrected chi connectivity index (χ4v) is 4.61. The molecular formula is C18H27N3O4. The molecule has 7 heteroatoms. The quantitative estimate of drug-likeness (QED) is 0.761. The first kappa shape index (κ1) is 16.7. The number of ether oxygens (including phenoxy) is 1. The van der Waals surface area contributed by atoms with E-state index in [1.165, 1.54) is 24.2 Å². The summed E-state index contributed by atoms with van der Waals surface area (Å²) in [4.78, 5) is 42.4. The van der Waals surface area contributed by atoms with Gasteiger partial charge in [0.15, 0.2) is 0 Å². The highest BCUT2D eigenvalue weighted by atomic mass is 16.6. The Morgan fingerprint density at radius 1 is 1.08 bits per heavy atom. The molecule has 1 atom stereocenters. The largest absolute Gasteiger partial charge is 0.448 e. The standard InChI is InChI=1S/C18H27N3O4/c22-15(12-20-9-10-25-17(20)24)21-8-6-18(13-21)5-2-7-19(16(18)23)11-14-3-1-4-14/h14H,1-13H2. The van der Waals surface area contributed by atoms with Crippen molar-refractivity contribution in [2.75, 3.05) is 45.9 Å². The van der Waals surface area contributed by atoms with Crippen LogP contribution in [0.4, 0.5) is 4.79 Å². The zero-order valence-electron chi connectivity index (χ0n) is 14.7. The zero-order valence-corrected chi connectivity index (χ0v) is 14.7. The third-order valence-electron chi connectivity index (χ3n) is 6.41. The van der Waals surface area contributed by atoms with Crippen LogP contribution in [0.3, 0.4) is 0 Å². The molecule has 1 spiro atoms. The molecule has 0 aromatic carbocycles. The summed E-state index contributed by atoms with van der Waals surface area (Å²) < 4.78 is 4.88. The number of likely N-dealkylation sites (tertiary alicyclic amines) is 2. The van der Waals surface area contributed by atoms with Gasteiger partial charge in [0.1, 0.15) is 13.2 Å².